The van der Waals surface area contributed by atoms with E-state index < -0.39 is 0 Å². The molecule has 0 unspecified atom stereocenters. The maximum atomic E-state index is 12.9. The van der Waals surface area contributed by atoms with Gasteiger partial charge in [-0.25, -0.2) is 0 Å². The molecule has 1 atom stereocenters. The summed E-state index contributed by atoms with van der Waals surface area (Å²) in [5.41, 5.74) is 2.90. The van der Waals surface area contributed by atoms with Crippen LogP contribution in [0.2, 0.25) is 0 Å². The van der Waals surface area contributed by atoms with E-state index in [1.807, 2.05) is 14.1 Å². The van der Waals surface area contributed by atoms with Gasteiger partial charge in [0.05, 0.1) is 25.8 Å². The van der Waals surface area contributed by atoms with Gasteiger partial charge >= 0.3 is 0 Å². The number of nitrogens with one attached hydrogen (secondary N) is 1. The number of ether oxygens (including phenoxy) is 2. The molecule has 1 heterocycles. The van der Waals surface area contributed by atoms with E-state index in [9.17, 15) is 4.79 Å². The SMILES string of the molecule is COc1ccc(C(=O)NC[C@H](c2ccc(N(C)C)cc2)N2CCCC2)c(OC)c1. The first kappa shape index (κ1) is 21.0. The average Bonchev–Trinajstić information content (AvgIpc) is 3.28. The lowest BCUT2D eigenvalue weighted by Gasteiger charge is -2.28. The summed E-state index contributed by atoms with van der Waals surface area (Å²) >= 11 is 0. The number of likely N-dealkylation sites (tertiary alicyclic amines) is 1. The minimum Gasteiger partial charge on any atom is -0.497 e. The summed E-state index contributed by atoms with van der Waals surface area (Å²) in [5, 5.41) is 3.11. The van der Waals surface area contributed by atoms with Gasteiger partial charge in [-0.2, -0.15) is 0 Å². The summed E-state index contributed by atoms with van der Waals surface area (Å²) in [6.45, 7) is 2.67. The van der Waals surface area contributed by atoms with E-state index in [1.165, 1.54) is 24.1 Å². The van der Waals surface area contributed by atoms with E-state index in [2.05, 4.69) is 39.4 Å². The Morgan fingerprint density at radius 1 is 1.07 bits per heavy atom. The van der Waals surface area contributed by atoms with Gasteiger partial charge in [0.1, 0.15) is 11.5 Å². The number of carbonyl (C=O) groups is 1. The fourth-order valence-corrected chi connectivity index (χ4v) is 3.78. The number of nitrogens with zero attached hydrogens (tertiary/aromatic N) is 2. The van der Waals surface area contributed by atoms with Crippen molar-refractivity contribution < 1.29 is 14.3 Å². The second kappa shape index (κ2) is 9.65. The van der Waals surface area contributed by atoms with Crippen LogP contribution in [0.25, 0.3) is 0 Å². The molecule has 6 nitrogen and oxygen atoms in total. The average molecular weight is 398 g/mol. The normalized spacial score (nSPS) is 15.0. The van der Waals surface area contributed by atoms with Crippen molar-refractivity contribution in [3.63, 3.8) is 0 Å². The molecule has 0 aromatic heterocycles. The zero-order valence-corrected chi connectivity index (χ0v) is 17.8. The number of hydrogen-bond acceptors (Lipinski definition) is 5. The van der Waals surface area contributed by atoms with Crippen molar-refractivity contribution in [2.75, 3.05) is 52.8 Å². The van der Waals surface area contributed by atoms with Gasteiger partial charge in [-0.1, -0.05) is 12.1 Å². The smallest absolute Gasteiger partial charge is 0.255 e. The van der Waals surface area contributed by atoms with Crippen LogP contribution in [-0.4, -0.2) is 58.8 Å². The van der Waals surface area contributed by atoms with E-state index in [0.29, 0.717) is 23.6 Å². The molecule has 6 heteroatoms. The third kappa shape index (κ3) is 5.01. The van der Waals surface area contributed by atoms with Gasteiger partial charge in [-0.3, -0.25) is 9.69 Å². The quantitative estimate of drug-likeness (QED) is 0.740. The van der Waals surface area contributed by atoms with Crippen LogP contribution in [0.4, 0.5) is 5.69 Å². The lowest BCUT2D eigenvalue weighted by Crippen LogP contribution is -2.37. The van der Waals surface area contributed by atoms with E-state index in [4.69, 9.17) is 9.47 Å². The lowest BCUT2D eigenvalue weighted by atomic mass is 10.0. The number of hydrogen-bond donors (Lipinski definition) is 1. The standard InChI is InChI=1S/C23H31N3O3/c1-25(2)18-9-7-17(8-10-18)21(26-13-5-6-14-26)16-24-23(27)20-12-11-19(28-3)15-22(20)29-4/h7-12,15,21H,5-6,13-14,16H2,1-4H3,(H,24,27)/t21-/m1/s1. The molecule has 1 aliphatic rings. The van der Waals surface area contributed by atoms with Gasteiger partial charge in [0.25, 0.3) is 5.91 Å². The summed E-state index contributed by atoms with van der Waals surface area (Å²) in [6, 6.07) is 14.0. The highest BCUT2D eigenvalue weighted by Gasteiger charge is 2.25. The molecule has 2 aromatic rings. The summed E-state index contributed by atoms with van der Waals surface area (Å²) in [5.74, 6) is 1.03. The number of rotatable bonds is 8. The minimum atomic E-state index is -0.140. The number of anilines is 1. The monoisotopic (exact) mass is 397 g/mol. The van der Waals surface area contributed by atoms with Gasteiger partial charge in [-0.15, -0.1) is 0 Å². The third-order valence-electron chi connectivity index (χ3n) is 5.48. The number of methoxy groups -OCH3 is 2. The summed E-state index contributed by atoms with van der Waals surface area (Å²) in [6.07, 6.45) is 2.40. The van der Waals surface area contributed by atoms with Crippen molar-refractivity contribution in [1.29, 1.82) is 0 Å². The van der Waals surface area contributed by atoms with Gasteiger partial charge in [0.2, 0.25) is 0 Å². The first-order valence-electron chi connectivity index (χ1n) is 10.0. The molecule has 1 N–H and O–H groups in total. The zero-order chi connectivity index (χ0) is 20.8. The van der Waals surface area contributed by atoms with Crippen molar-refractivity contribution in [3.8, 4) is 11.5 Å². The van der Waals surface area contributed by atoms with Gasteiger partial charge in [0.15, 0.2) is 0 Å². The fourth-order valence-electron chi connectivity index (χ4n) is 3.78. The Kier molecular flexibility index (Phi) is 6.99. The molecule has 0 spiro atoms. The van der Waals surface area contributed by atoms with Crippen LogP contribution in [0.5, 0.6) is 11.5 Å². The molecule has 1 aliphatic heterocycles. The number of amides is 1. The Labute approximate surface area is 173 Å². The van der Waals surface area contributed by atoms with Crippen LogP contribution in [0, 0.1) is 0 Å². The number of carbonyl (C=O) groups excluding carboxylic acids is 1. The maximum absolute atomic E-state index is 12.9. The molecule has 156 valence electrons. The molecule has 0 bridgehead atoms. The molecule has 29 heavy (non-hydrogen) atoms. The van der Waals surface area contributed by atoms with Gasteiger partial charge < -0.3 is 19.7 Å². The Hall–Kier alpha value is -2.73. The van der Waals surface area contributed by atoms with Crippen molar-refractivity contribution in [2.24, 2.45) is 0 Å². The van der Waals surface area contributed by atoms with Crippen LogP contribution >= 0.6 is 0 Å². The second-order valence-corrected chi connectivity index (χ2v) is 7.52. The van der Waals surface area contributed by atoms with Crippen molar-refractivity contribution in [3.05, 3.63) is 53.6 Å². The summed E-state index contributed by atoms with van der Waals surface area (Å²) in [4.78, 5) is 17.4. The molecule has 0 saturated carbocycles. The molecule has 1 saturated heterocycles. The second-order valence-electron chi connectivity index (χ2n) is 7.52. The lowest BCUT2D eigenvalue weighted by molar-refractivity contribution is 0.0935. The number of benzene rings is 2. The molecule has 3 rings (SSSR count). The van der Waals surface area contributed by atoms with E-state index >= 15 is 0 Å². The molecule has 1 amide bonds. The Bertz CT molecular complexity index is 815. The van der Waals surface area contributed by atoms with Crippen LogP contribution in [0.1, 0.15) is 34.8 Å². The molecule has 0 aliphatic carbocycles. The largest absolute Gasteiger partial charge is 0.497 e. The maximum Gasteiger partial charge on any atom is 0.255 e. The Morgan fingerprint density at radius 3 is 2.34 bits per heavy atom. The molecule has 0 radical (unpaired) electrons. The summed E-state index contributed by atoms with van der Waals surface area (Å²) < 4.78 is 10.6. The van der Waals surface area contributed by atoms with E-state index in [-0.39, 0.29) is 11.9 Å². The Balaban J connectivity index is 1.75. The fraction of sp³-hybridized carbons (Fsp3) is 0.435. The van der Waals surface area contributed by atoms with E-state index in [1.54, 1.807) is 32.4 Å². The molecular weight excluding hydrogens is 366 g/mol. The third-order valence-corrected chi connectivity index (χ3v) is 5.48. The van der Waals surface area contributed by atoms with Crippen LogP contribution in [0.15, 0.2) is 42.5 Å². The van der Waals surface area contributed by atoms with Crippen LogP contribution in [-0.2, 0) is 0 Å². The predicted molar refractivity (Wildman–Crippen MR) is 116 cm³/mol. The first-order valence-corrected chi connectivity index (χ1v) is 10.0. The first-order chi connectivity index (χ1) is 14.0. The summed E-state index contributed by atoms with van der Waals surface area (Å²) in [7, 11) is 7.23. The highest BCUT2D eigenvalue weighted by atomic mass is 16.5. The topological polar surface area (TPSA) is 54.0 Å². The van der Waals surface area contributed by atoms with Crippen molar-refractivity contribution >= 4 is 11.6 Å². The van der Waals surface area contributed by atoms with Crippen LogP contribution in [0.3, 0.4) is 0 Å². The van der Waals surface area contributed by atoms with Crippen molar-refractivity contribution in [2.45, 2.75) is 18.9 Å². The Morgan fingerprint density at radius 2 is 1.76 bits per heavy atom. The molecule has 2 aromatic carbocycles. The predicted octanol–water partition coefficient (Wildman–Crippen LogP) is 3.34. The molecule has 1 fully saturated rings. The van der Waals surface area contributed by atoms with Gasteiger partial charge in [-0.05, 0) is 55.8 Å². The highest BCUT2D eigenvalue weighted by Crippen LogP contribution is 2.27. The molecular formula is C23H31N3O3. The van der Waals surface area contributed by atoms with Crippen LogP contribution < -0.4 is 19.7 Å². The van der Waals surface area contributed by atoms with E-state index in [0.717, 1.165) is 13.1 Å². The minimum absolute atomic E-state index is 0.140. The zero-order valence-electron chi connectivity index (χ0n) is 17.8. The van der Waals surface area contributed by atoms with Gasteiger partial charge in [0, 0.05) is 32.4 Å². The highest BCUT2D eigenvalue weighted by molar-refractivity contribution is 5.97. The van der Waals surface area contributed by atoms with Crippen molar-refractivity contribution in [1.82, 2.24) is 10.2 Å².